The van der Waals surface area contributed by atoms with E-state index in [-0.39, 0.29) is 0 Å². The number of fused-ring (bicyclic) bond motifs is 1. The smallest absolute Gasteiger partial charge is 0.0650 e. The van der Waals surface area contributed by atoms with Gasteiger partial charge in [-0.2, -0.15) is 0 Å². The fraction of sp³-hybridized carbons (Fsp3) is 0.400. The zero-order valence-corrected chi connectivity index (χ0v) is 7.25. The van der Waals surface area contributed by atoms with Crippen LogP contribution in [-0.2, 0) is 13.0 Å². The molecule has 0 saturated carbocycles. The van der Waals surface area contributed by atoms with Crippen LogP contribution in [0.1, 0.15) is 30.0 Å². The van der Waals surface area contributed by atoms with Crippen molar-refractivity contribution in [3.05, 3.63) is 29.1 Å². The minimum atomic E-state index is 0.854. The van der Waals surface area contributed by atoms with E-state index in [9.17, 15) is 0 Å². The van der Waals surface area contributed by atoms with E-state index in [0.29, 0.717) is 0 Å². The second-order valence-electron chi connectivity index (χ2n) is 3.09. The molecule has 0 radical (unpaired) electrons. The molecule has 0 atom stereocenters. The van der Waals surface area contributed by atoms with Crippen LogP contribution in [0.15, 0.2) is 17.4 Å². The highest BCUT2D eigenvalue weighted by Gasteiger charge is 2.10. The van der Waals surface area contributed by atoms with Gasteiger partial charge in [-0.15, -0.1) is 0 Å². The van der Waals surface area contributed by atoms with E-state index >= 15 is 0 Å². The molecule has 0 aliphatic carbocycles. The highest BCUT2D eigenvalue weighted by atomic mass is 14.8. The molecule has 0 unspecified atom stereocenters. The first-order valence-electron chi connectivity index (χ1n) is 4.37. The second kappa shape index (κ2) is 3.05. The Bertz CT molecular complexity index is 316. The number of aryl methyl sites for hydroxylation is 1. The zero-order valence-electron chi connectivity index (χ0n) is 7.25. The molecule has 0 amide bonds. The minimum Gasteiger partial charge on any atom is -0.288 e. The van der Waals surface area contributed by atoms with Crippen molar-refractivity contribution < 1.29 is 0 Å². The lowest BCUT2D eigenvalue weighted by molar-refractivity contribution is 0.889. The number of pyridine rings is 1. The van der Waals surface area contributed by atoms with Gasteiger partial charge in [-0.05, 0) is 17.5 Å². The Morgan fingerprint density at radius 2 is 2.33 bits per heavy atom. The van der Waals surface area contributed by atoms with Crippen LogP contribution >= 0.6 is 0 Å². The van der Waals surface area contributed by atoms with E-state index in [2.05, 4.69) is 16.9 Å². The fourth-order valence-electron chi connectivity index (χ4n) is 1.57. The van der Waals surface area contributed by atoms with E-state index in [0.717, 1.165) is 13.0 Å². The van der Waals surface area contributed by atoms with Gasteiger partial charge in [0.15, 0.2) is 0 Å². The van der Waals surface area contributed by atoms with Gasteiger partial charge in [-0.1, -0.05) is 13.3 Å². The van der Waals surface area contributed by atoms with E-state index in [1.165, 1.54) is 23.1 Å². The number of hydrogen-bond donors (Lipinski definition) is 0. The molecular weight excluding hydrogens is 148 g/mol. The van der Waals surface area contributed by atoms with E-state index < -0.39 is 0 Å². The van der Waals surface area contributed by atoms with Gasteiger partial charge in [0.05, 0.1) is 6.54 Å². The van der Waals surface area contributed by atoms with Gasteiger partial charge in [0.25, 0.3) is 0 Å². The molecule has 1 aromatic heterocycles. The van der Waals surface area contributed by atoms with E-state index in [4.69, 9.17) is 0 Å². The SMILES string of the molecule is CCCc1cncc2c1CN=C2. The summed E-state index contributed by atoms with van der Waals surface area (Å²) >= 11 is 0. The average Bonchev–Trinajstić information content (AvgIpc) is 2.53. The summed E-state index contributed by atoms with van der Waals surface area (Å²) in [5.74, 6) is 0. The Balaban J connectivity index is 2.39. The first-order chi connectivity index (χ1) is 5.92. The first-order valence-corrected chi connectivity index (χ1v) is 4.37. The maximum absolute atomic E-state index is 4.23. The molecule has 0 bridgehead atoms. The molecule has 2 heteroatoms. The largest absolute Gasteiger partial charge is 0.288 e. The summed E-state index contributed by atoms with van der Waals surface area (Å²) in [5.41, 5.74) is 3.96. The average molecular weight is 160 g/mol. The highest BCUT2D eigenvalue weighted by molar-refractivity contribution is 5.84. The molecule has 0 fully saturated rings. The number of nitrogens with zero attached hydrogens (tertiary/aromatic N) is 2. The topological polar surface area (TPSA) is 25.2 Å². The molecule has 0 aromatic carbocycles. The van der Waals surface area contributed by atoms with Crippen LogP contribution in [0.2, 0.25) is 0 Å². The standard InChI is InChI=1S/C10H12N2/c1-2-3-8-4-11-5-9-6-12-7-10(8)9/h4-6H,2-3,7H2,1H3. The number of rotatable bonds is 2. The van der Waals surface area contributed by atoms with Gasteiger partial charge in [0, 0.05) is 24.2 Å². The van der Waals surface area contributed by atoms with Crippen molar-refractivity contribution in [1.82, 2.24) is 4.98 Å². The monoisotopic (exact) mass is 160 g/mol. The minimum absolute atomic E-state index is 0.854. The van der Waals surface area contributed by atoms with Crippen LogP contribution in [0.25, 0.3) is 0 Å². The molecule has 0 N–H and O–H groups in total. The van der Waals surface area contributed by atoms with Crippen LogP contribution in [0.3, 0.4) is 0 Å². The first kappa shape index (κ1) is 7.47. The van der Waals surface area contributed by atoms with Crippen LogP contribution < -0.4 is 0 Å². The lowest BCUT2D eigenvalue weighted by Gasteiger charge is -2.03. The molecule has 0 spiro atoms. The van der Waals surface area contributed by atoms with Gasteiger partial charge in [-0.3, -0.25) is 9.98 Å². The lowest BCUT2D eigenvalue weighted by Crippen LogP contribution is -1.95. The van der Waals surface area contributed by atoms with Crippen molar-refractivity contribution >= 4 is 6.21 Å². The summed E-state index contributed by atoms with van der Waals surface area (Å²) in [7, 11) is 0. The Hall–Kier alpha value is -1.18. The predicted octanol–water partition coefficient (Wildman–Crippen LogP) is 1.97. The van der Waals surface area contributed by atoms with Crippen molar-refractivity contribution in [2.45, 2.75) is 26.3 Å². The van der Waals surface area contributed by atoms with Crippen molar-refractivity contribution in [3.8, 4) is 0 Å². The zero-order chi connectivity index (χ0) is 8.39. The molecule has 2 heterocycles. The van der Waals surface area contributed by atoms with Crippen LogP contribution in [0.4, 0.5) is 0 Å². The summed E-state index contributed by atoms with van der Waals surface area (Å²) in [6.45, 7) is 3.04. The summed E-state index contributed by atoms with van der Waals surface area (Å²) in [6, 6.07) is 0. The van der Waals surface area contributed by atoms with Gasteiger partial charge in [-0.25, -0.2) is 0 Å². The molecular formula is C10H12N2. The van der Waals surface area contributed by atoms with Crippen molar-refractivity contribution in [3.63, 3.8) is 0 Å². The summed E-state index contributed by atoms with van der Waals surface area (Å²) in [6.07, 6.45) is 8.08. The fourth-order valence-corrected chi connectivity index (χ4v) is 1.57. The van der Waals surface area contributed by atoms with E-state index in [1.807, 2.05) is 18.6 Å². The molecule has 1 aliphatic heterocycles. The Morgan fingerprint density at radius 1 is 1.42 bits per heavy atom. The number of aliphatic imine (C=N–C) groups is 1. The van der Waals surface area contributed by atoms with Crippen LogP contribution in [0.5, 0.6) is 0 Å². The Kier molecular flexibility index (Phi) is 1.90. The van der Waals surface area contributed by atoms with Crippen LogP contribution in [0, 0.1) is 0 Å². The van der Waals surface area contributed by atoms with Crippen molar-refractivity contribution in [2.24, 2.45) is 4.99 Å². The third-order valence-corrected chi connectivity index (χ3v) is 2.18. The number of aromatic nitrogens is 1. The Labute approximate surface area is 72.4 Å². The van der Waals surface area contributed by atoms with E-state index in [1.54, 1.807) is 0 Å². The summed E-state index contributed by atoms with van der Waals surface area (Å²) < 4.78 is 0. The summed E-state index contributed by atoms with van der Waals surface area (Å²) in [5, 5.41) is 0. The van der Waals surface area contributed by atoms with Gasteiger partial charge >= 0.3 is 0 Å². The van der Waals surface area contributed by atoms with Crippen molar-refractivity contribution in [2.75, 3.05) is 0 Å². The van der Waals surface area contributed by atoms with Gasteiger partial charge in [0.2, 0.25) is 0 Å². The maximum atomic E-state index is 4.23. The van der Waals surface area contributed by atoms with Gasteiger partial charge in [0.1, 0.15) is 0 Å². The van der Waals surface area contributed by atoms with Gasteiger partial charge < -0.3 is 0 Å². The molecule has 0 saturated heterocycles. The molecule has 2 rings (SSSR count). The molecule has 62 valence electrons. The lowest BCUT2D eigenvalue weighted by atomic mass is 10.0. The maximum Gasteiger partial charge on any atom is 0.0650 e. The molecule has 2 nitrogen and oxygen atoms in total. The molecule has 1 aromatic rings. The third-order valence-electron chi connectivity index (χ3n) is 2.18. The quantitative estimate of drug-likeness (QED) is 0.649. The second-order valence-corrected chi connectivity index (χ2v) is 3.09. The highest BCUT2D eigenvalue weighted by Crippen LogP contribution is 2.18. The van der Waals surface area contributed by atoms with Crippen molar-refractivity contribution in [1.29, 1.82) is 0 Å². The molecule has 1 aliphatic rings. The third kappa shape index (κ3) is 1.13. The van der Waals surface area contributed by atoms with Crippen LogP contribution in [-0.4, -0.2) is 11.2 Å². The Morgan fingerprint density at radius 3 is 3.17 bits per heavy atom. The number of hydrogen-bond acceptors (Lipinski definition) is 2. The summed E-state index contributed by atoms with van der Waals surface area (Å²) in [4.78, 5) is 8.41. The normalized spacial score (nSPS) is 13.4. The molecule has 12 heavy (non-hydrogen) atoms. The predicted molar refractivity (Wildman–Crippen MR) is 49.5 cm³/mol.